The fourth-order valence-electron chi connectivity index (χ4n) is 3.50. The third kappa shape index (κ3) is 4.59. The van der Waals surface area contributed by atoms with Gasteiger partial charge in [0.25, 0.3) is 5.56 Å². The molecule has 1 saturated heterocycles. The van der Waals surface area contributed by atoms with E-state index in [4.69, 9.17) is 11.6 Å². The van der Waals surface area contributed by atoms with E-state index in [1.54, 1.807) is 48.7 Å². The van der Waals surface area contributed by atoms with E-state index in [0.717, 1.165) is 10.9 Å². The lowest BCUT2D eigenvalue weighted by Crippen LogP contribution is -2.44. The average molecular weight is 439 g/mol. The Morgan fingerprint density at radius 3 is 2.61 bits per heavy atom. The van der Waals surface area contributed by atoms with Gasteiger partial charge in [-0.2, -0.15) is 0 Å². The van der Waals surface area contributed by atoms with E-state index in [-0.39, 0.29) is 30.9 Å². The number of anilines is 1. The molecule has 3 N–H and O–H groups in total. The molecule has 0 spiro atoms. The van der Waals surface area contributed by atoms with Crippen molar-refractivity contribution in [2.45, 2.75) is 25.4 Å². The number of halogens is 1. The van der Waals surface area contributed by atoms with Gasteiger partial charge in [-0.25, -0.2) is 4.79 Å². The molecule has 0 bridgehead atoms. The highest BCUT2D eigenvalue weighted by Gasteiger charge is 2.28. The molecule has 3 aromatic rings. The van der Waals surface area contributed by atoms with Crippen LogP contribution in [0.1, 0.15) is 24.4 Å². The molecular formula is C22H19ClN4O4. The summed E-state index contributed by atoms with van der Waals surface area (Å²) >= 11 is 5.83. The first kappa shape index (κ1) is 20.6. The molecule has 0 saturated carbocycles. The third-order valence-electron chi connectivity index (χ3n) is 5.10. The summed E-state index contributed by atoms with van der Waals surface area (Å²) in [4.78, 5) is 48.7. The minimum Gasteiger partial charge on any atom is -0.334 e. The van der Waals surface area contributed by atoms with Crippen LogP contribution in [-0.4, -0.2) is 22.4 Å². The summed E-state index contributed by atoms with van der Waals surface area (Å²) in [6.07, 6.45) is 2.04. The minimum atomic E-state index is -0.721. The van der Waals surface area contributed by atoms with Gasteiger partial charge >= 0.3 is 6.03 Å². The van der Waals surface area contributed by atoms with Crippen molar-refractivity contribution >= 4 is 45.9 Å². The zero-order valence-electron chi connectivity index (χ0n) is 16.4. The van der Waals surface area contributed by atoms with Gasteiger partial charge in [0.15, 0.2) is 0 Å². The summed E-state index contributed by atoms with van der Waals surface area (Å²) in [6.45, 7) is 0.210. The van der Waals surface area contributed by atoms with Crippen LogP contribution in [0, 0.1) is 0 Å². The number of hydrogen-bond donors (Lipinski definition) is 3. The number of nitrogens with one attached hydrogen (secondary N) is 3. The molecule has 9 heteroatoms. The second kappa shape index (κ2) is 8.61. The quantitative estimate of drug-likeness (QED) is 0.544. The maximum Gasteiger partial charge on any atom is 0.319 e. The number of imide groups is 1. The van der Waals surface area contributed by atoms with Gasteiger partial charge in [-0.3, -0.25) is 19.7 Å². The second-order valence-corrected chi connectivity index (χ2v) is 7.67. The number of carbonyl (C=O) groups is 3. The van der Waals surface area contributed by atoms with E-state index >= 15 is 0 Å². The fraction of sp³-hybridized carbons (Fsp3) is 0.182. The zero-order chi connectivity index (χ0) is 22.0. The van der Waals surface area contributed by atoms with Crippen molar-refractivity contribution in [2.24, 2.45) is 0 Å². The number of fused-ring (bicyclic) bond motifs is 1. The Labute approximate surface area is 182 Å². The number of carbonyl (C=O) groups excluding carboxylic acids is 3. The molecule has 0 aliphatic carbocycles. The third-order valence-corrected chi connectivity index (χ3v) is 5.35. The molecule has 1 aliphatic rings. The number of benzene rings is 2. The molecule has 4 rings (SSSR count). The van der Waals surface area contributed by atoms with Crippen molar-refractivity contribution < 1.29 is 14.4 Å². The predicted molar refractivity (Wildman–Crippen MR) is 117 cm³/mol. The van der Waals surface area contributed by atoms with Crippen LogP contribution in [0.15, 0.2) is 59.5 Å². The van der Waals surface area contributed by atoms with Crippen molar-refractivity contribution in [3.8, 4) is 0 Å². The van der Waals surface area contributed by atoms with Gasteiger partial charge in [-0.15, -0.1) is 0 Å². The number of rotatable bonds is 4. The molecule has 2 heterocycles. The number of aromatic nitrogens is 1. The van der Waals surface area contributed by atoms with Crippen LogP contribution in [0.3, 0.4) is 0 Å². The van der Waals surface area contributed by atoms with Crippen LogP contribution in [0.5, 0.6) is 0 Å². The predicted octanol–water partition coefficient (Wildman–Crippen LogP) is 2.95. The van der Waals surface area contributed by atoms with Crippen molar-refractivity contribution in [1.82, 2.24) is 15.2 Å². The number of pyridine rings is 1. The van der Waals surface area contributed by atoms with Crippen molar-refractivity contribution in [1.29, 1.82) is 0 Å². The largest absolute Gasteiger partial charge is 0.334 e. The summed E-state index contributed by atoms with van der Waals surface area (Å²) in [5.74, 6) is -0.810. The summed E-state index contributed by atoms with van der Waals surface area (Å²) < 4.78 is 1.36. The Morgan fingerprint density at radius 2 is 1.87 bits per heavy atom. The van der Waals surface area contributed by atoms with Crippen molar-refractivity contribution in [3.63, 3.8) is 0 Å². The first-order valence-electron chi connectivity index (χ1n) is 9.68. The number of amides is 4. The molecule has 1 fully saturated rings. The van der Waals surface area contributed by atoms with E-state index in [1.165, 1.54) is 4.57 Å². The SMILES string of the molecule is O=C1CCC(n2ccc3ccc(CNC(=O)Nc4ccc(Cl)cc4)cc3c2=O)C(=O)N1. The number of urea groups is 1. The van der Waals surface area contributed by atoms with E-state index < -0.39 is 18.0 Å². The Balaban J connectivity index is 1.50. The highest BCUT2D eigenvalue weighted by molar-refractivity contribution is 6.30. The summed E-state index contributed by atoms with van der Waals surface area (Å²) in [5.41, 5.74) is 1.02. The van der Waals surface area contributed by atoms with Crippen LogP contribution in [0.25, 0.3) is 10.8 Å². The topological polar surface area (TPSA) is 109 Å². The maximum atomic E-state index is 13.0. The molecule has 1 aliphatic heterocycles. The summed E-state index contributed by atoms with van der Waals surface area (Å²) in [5, 5.41) is 9.45. The lowest BCUT2D eigenvalue weighted by molar-refractivity contribution is -0.135. The Bertz CT molecular complexity index is 1240. The van der Waals surface area contributed by atoms with Crippen LogP contribution in [-0.2, 0) is 16.1 Å². The van der Waals surface area contributed by atoms with Crippen LogP contribution < -0.4 is 21.5 Å². The number of hydrogen-bond acceptors (Lipinski definition) is 4. The fourth-order valence-corrected chi connectivity index (χ4v) is 3.62. The smallest absolute Gasteiger partial charge is 0.319 e. The molecule has 4 amide bonds. The number of nitrogens with zero attached hydrogens (tertiary/aromatic N) is 1. The summed E-state index contributed by atoms with van der Waals surface area (Å²) in [7, 11) is 0. The van der Waals surface area contributed by atoms with Crippen LogP contribution >= 0.6 is 11.6 Å². The molecule has 1 atom stereocenters. The monoisotopic (exact) mass is 438 g/mol. The highest BCUT2D eigenvalue weighted by atomic mass is 35.5. The molecule has 2 aromatic carbocycles. The maximum absolute atomic E-state index is 13.0. The summed E-state index contributed by atoms with van der Waals surface area (Å²) in [6, 6.07) is 12.7. The second-order valence-electron chi connectivity index (χ2n) is 7.23. The molecule has 1 aromatic heterocycles. The lowest BCUT2D eigenvalue weighted by Gasteiger charge is -2.23. The van der Waals surface area contributed by atoms with Gasteiger partial charge in [0, 0.05) is 35.3 Å². The molecule has 8 nitrogen and oxygen atoms in total. The van der Waals surface area contributed by atoms with Crippen LogP contribution in [0.2, 0.25) is 5.02 Å². The highest BCUT2D eigenvalue weighted by Crippen LogP contribution is 2.19. The van der Waals surface area contributed by atoms with Crippen molar-refractivity contribution in [3.05, 3.63) is 75.7 Å². The van der Waals surface area contributed by atoms with Gasteiger partial charge in [0.1, 0.15) is 6.04 Å². The minimum absolute atomic E-state index is 0.188. The van der Waals surface area contributed by atoms with Gasteiger partial charge in [-0.1, -0.05) is 23.7 Å². The van der Waals surface area contributed by atoms with E-state index in [1.807, 2.05) is 6.07 Å². The van der Waals surface area contributed by atoms with E-state index in [0.29, 0.717) is 16.1 Å². The lowest BCUT2D eigenvalue weighted by atomic mass is 10.0. The Hall–Kier alpha value is -3.65. The van der Waals surface area contributed by atoms with Gasteiger partial charge in [0.2, 0.25) is 11.8 Å². The standard InChI is InChI=1S/C22H19ClN4O4/c23-15-3-5-16(6-4-15)25-22(31)24-12-13-1-2-14-9-10-27(21(30)17(14)11-13)18-7-8-19(28)26-20(18)29/h1-6,9-11,18H,7-8,12H2,(H2,24,25,31)(H,26,28,29). The molecular weight excluding hydrogens is 420 g/mol. The van der Waals surface area contributed by atoms with E-state index in [2.05, 4.69) is 16.0 Å². The molecule has 0 radical (unpaired) electrons. The molecule has 31 heavy (non-hydrogen) atoms. The molecule has 158 valence electrons. The van der Waals surface area contributed by atoms with Gasteiger partial charge in [0.05, 0.1) is 0 Å². The van der Waals surface area contributed by atoms with Crippen molar-refractivity contribution in [2.75, 3.05) is 5.32 Å². The normalized spacial score (nSPS) is 16.1. The average Bonchev–Trinajstić information content (AvgIpc) is 2.75. The van der Waals surface area contributed by atoms with Gasteiger partial charge in [-0.05, 0) is 53.8 Å². The Morgan fingerprint density at radius 1 is 1.10 bits per heavy atom. The van der Waals surface area contributed by atoms with Crippen LogP contribution in [0.4, 0.5) is 10.5 Å². The van der Waals surface area contributed by atoms with Gasteiger partial charge < -0.3 is 15.2 Å². The number of piperidine rings is 1. The zero-order valence-corrected chi connectivity index (χ0v) is 17.1. The Kier molecular flexibility index (Phi) is 5.73. The first-order chi connectivity index (χ1) is 14.9. The molecule has 1 unspecified atom stereocenters. The first-order valence-corrected chi connectivity index (χ1v) is 10.1. The van der Waals surface area contributed by atoms with E-state index in [9.17, 15) is 19.2 Å².